The largest absolute Gasteiger partial charge is 0.322 e. The minimum atomic E-state index is -3.52. The van der Waals surface area contributed by atoms with Gasteiger partial charge in [0.05, 0.1) is 4.90 Å². The molecule has 1 amide bonds. The van der Waals surface area contributed by atoms with Crippen LogP contribution in [0.1, 0.15) is 17.5 Å². The molecule has 0 aliphatic carbocycles. The highest BCUT2D eigenvalue weighted by atomic mass is 32.2. The first kappa shape index (κ1) is 18.4. The molecule has 0 unspecified atom stereocenters. The number of nitrogens with zero attached hydrogens (tertiary/aromatic N) is 1. The van der Waals surface area contributed by atoms with Crippen LogP contribution in [0, 0.1) is 13.8 Å². The van der Waals surface area contributed by atoms with Crippen LogP contribution in [-0.2, 0) is 14.8 Å². The fraction of sp³-hybridized carbons (Fsp3) is 0.250. The van der Waals surface area contributed by atoms with Crippen LogP contribution in [0.4, 0.5) is 5.69 Å². The Labute approximate surface area is 154 Å². The average Bonchev–Trinajstić information content (AvgIpc) is 2.65. The molecule has 0 fully saturated rings. The summed E-state index contributed by atoms with van der Waals surface area (Å²) in [6.45, 7) is 4.45. The predicted molar refractivity (Wildman–Crippen MR) is 102 cm³/mol. The van der Waals surface area contributed by atoms with Crippen molar-refractivity contribution in [2.75, 3.05) is 18.4 Å². The molecule has 0 aromatic heterocycles. The number of aryl methyl sites for hydroxylation is 2. The first-order chi connectivity index (χ1) is 12.4. The summed E-state index contributed by atoms with van der Waals surface area (Å²) in [6.07, 6.45) is 2.09. The SMILES string of the molecule is Cc1ccc(NC(=O)C2=CCN(S(=O)(=O)c3ccccc3)CC2)c(C)c1. The molecule has 0 saturated heterocycles. The lowest BCUT2D eigenvalue weighted by Gasteiger charge is -2.25. The maximum absolute atomic E-state index is 12.6. The molecule has 26 heavy (non-hydrogen) atoms. The molecular weight excluding hydrogens is 348 g/mol. The Morgan fingerprint density at radius 1 is 1.08 bits per heavy atom. The second-order valence-corrected chi connectivity index (χ2v) is 8.37. The summed E-state index contributed by atoms with van der Waals surface area (Å²) in [5.41, 5.74) is 3.53. The number of rotatable bonds is 4. The van der Waals surface area contributed by atoms with Gasteiger partial charge in [-0.2, -0.15) is 4.31 Å². The lowest BCUT2D eigenvalue weighted by Crippen LogP contribution is -2.36. The highest BCUT2D eigenvalue weighted by Crippen LogP contribution is 2.22. The maximum atomic E-state index is 12.6. The van der Waals surface area contributed by atoms with Crippen LogP contribution in [0.25, 0.3) is 0 Å². The Kier molecular flexibility index (Phi) is 5.25. The molecular formula is C20H22N2O3S. The smallest absolute Gasteiger partial charge is 0.251 e. The van der Waals surface area contributed by atoms with Gasteiger partial charge in [0.25, 0.3) is 5.91 Å². The van der Waals surface area contributed by atoms with Crippen molar-refractivity contribution in [2.24, 2.45) is 0 Å². The van der Waals surface area contributed by atoms with E-state index < -0.39 is 10.0 Å². The van der Waals surface area contributed by atoms with Crippen molar-refractivity contribution < 1.29 is 13.2 Å². The van der Waals surface area contributed by atoms with Crippen LogP contribution in [0.3, 0.4) is 0 Å². The topological polar surface area (TPSA) is 66.5 Å². The van der Waals surface area contributed by atoms with E-state index in [4.69, 9.17) is 0 Å². The Bertz CT molecular complexity index is 950. The van der Waals surface area contributed by atoms with Crippen molar-refractivity contribution in [3.63, 3.8) is 0 Å². The zero-order chi connectivity index (χ0) is 18.7. The summed E-state index contributed by atoms with van der Waals surface area (Å²) in [6, 6.07) is 14.2. The van der Waals surface area contributed by atoms with Gasteiger partial charge in [0.1, 0.15) is 0 Å². The summed E-state index contributed by atoms with van der Waals surface area (Å²) in [4.78, 5) is 12.8. The van der Waals surface area contributed by atoms with Gasteiger partial charge in [-0.25, -0.2) is 8.42 Å². The second kappa shape index (κ2) is 7.43. The number of hydrogen-bond donors (Lipinski definition) is 1. The standard InChI is InChI=1S/C20H22N2O3S/c1-15-8-9-19(16(2)14-15)21-20(23)17-10-12-22(13-11-17)26(24,25)18-6-4-3-5-7-18/h3-10,14H,11-13H2,1-2H3,(H,21,23). The molecule has 0 bridgehead atoms. The second-order valence-electron chi connectivity index (χ2n) is 6.43. The first-order valence-corrected chi connectivity index (χ1v) is 9.95. The molecule has 0 saturated carbocycles. The third-order valence-corrected chi connectivity index (χ3v) is 6.35. The minimum Gasteiger partial charge on any atom is -0.322 e. The van der Waals surface area contributed by atoms with Crippen LogP contribution >= 0.6 is 0 Å². The number of carbonyl (C=O) groups is 1. The highest BCUT2D eigenvalue weighted by molar-refractivity contribution is 7.89. The van der Waals surface area contributed by atoms with Crippen molar-refractivity contribution >= 4 is 21.6 Å². The molecule has 1 aliphatic heterocycles. The highest BCUT2D eigenvalue weighted by Gasteiger charge is 2.27. The lowest BCUT2D eigenvalue weighted by atomic mass is 10.1. The van der Waals surface area contributed by atoms with Gasteiger partial charge in [-0.15, -0.1) is 0 Å². The fourth-order valence-electron chi connectivity index (χ4n) is 2.97. The third kappa shape index (κ3) is 3.86. The normalized spacial score (nSPS) is 15.4. The van der Waals surface area contributed by atoms with Crippen LogP contribution in [-0.4, -0.2) is 31.7 Å². The van der Waals surface area contributed by atoms with Crippen LogP contribution < -0.4 is 5.32 Å². The van der Waals surface area contributed by atoms with Crippen LogP contribution in [0.5, 0.6) is 0 Å². The van der Waals surface area contributed by atoms with Gasteiger partial charge in [-0.3, -0.25) is 4.79 Å². The summed E-state index contributed by atoms with van der Waals surface area (Å²) in [5, 5.41) is 2.92. The van der Waals surface area contributed by atoms with Gasteiger partial charge in [0, 0.05) is 24.4 Å². The number of amides is 1. The number of carbonyl (C=O) groups excluding carboxylic acids is 1. The van der Waals surface area contributed by atoms with E-state index in [0.717, 1.165) is 16.8 Å². The zero-order valence-corrected chi connectivity index (χ0v) is 15.7. The molecule has 5 nitrogen and oxygen atoms in total. The first-order valence-electron chi connectivity index (χ1n) is 8.51. The van der Waals surface area contributed by atoms with E-state index in [1.807, 2.05) is 32.0 Å². The van der Waals surface area contributed by atoms with Gasteiger partial charge in [0.2, 0.25) is 10.0 Å². The zero-order valence-electron chi connectivity index (χ0n) is 14.9. The van der Waals surface area contributed by atoms with E-state index >= 15 is 0 Å². The molecule has 0 spiro atoms. The molecule has 1 heterocycles. The van der Waals surface area contributed by atoms with E-state index in [1.54, 1.807) is 36.4 Å². The third-order valence-electron chi connectivity index (χ3n) is 4.47. The fourth-order valence-corrected chi connectivity index (χ4v) is 4.37. The molecule has 1 N–H and O–H groups in total. The Hall–Kier alpha value is -2.44. The van der Waals surface area contributed by atoms with E-state index in [-0.39, 0.29) is 17.3 Å². The minimum absolute atomic E-state index is 0.172. The summed E-state index contributed by atoms with van der Waals surface area (Å²) in [7, 11) is -3.52. The predicted octanol–water partition coefficient (Wildman–Crippen LogP) is 3.26. The van der Waals surface area contributed by atoms with Crippen molar-refractivity contribution in [2.45, 2.75) is 25.2 Å². The molecule has 136 valence electrons. The van der Waals surface area contributed by atoms with Gasteiger partial charge in [-0.05, 0) is 44.0 Å². The van der Waals surface area contributed by atoms with Crippen molar-refractivity contribution in [3.8, 4) is 0 Å². The molecule has 0 radical (unpaired) electrons. The van der Waals surface area contributed by atoms with Gasteiger partial charge in [-0.1, -0.05) is 42.0 Å². The van der Waals surface area contributed by atoms with E-state index in [0.29, 0.717) is 18.5 Å². The van der Waals surface area contributed by atoms with Crippen molar-refractivity contribution in [3.05, 3.63) is 71.3 Å². The number of sulfonamides is 1. The summed E-state index contributed by atoms with van der Waals surface area (Å²) in [5.74, 6) is -0.172. The molecule has 2 aromatic carbocycles. The number of benzene rings is 2. The molecule has 1 aliphatic rings. The summed E-state index contributed by atoms with van der Waals surface area (Å²) >= 11 is 0. The van der Waals surface area contributed by atoms with Gasteiger partial charge in [0.15, 0.2) is 0 Å². The van der Waals surface area contributed by atoms with E-state index in [2.05, 4.69) is 5.32 Å². The van der Waals surface area contributed by atoms with Crippen LogP contribution in [0.2, 0.25) is 0 Å². The van der Waals surface area contributed by atoms with Crippen molar-refractivity contribution in [1.29, 1.82) is 0 Å². The van der Waals surface area contributed by atoms with Crippen molar-refractivity contribution in [1.82, 2.24) is 4.31 Å². The van der Waals surface area contributed by atoms with E-state index in [9.17, 15) is 13.2 Å². The number of nitrogens with one attached hydrogen (secondary N) is 1. The van der Waals surface area contributed by atoms with E-state index in [1.165, 1.54) is 4.31 Å². The lowest BCUT2D eigenvalue weighted by molar-refractivity contribution is -0.113. The quantitative estimate of drug-likeness (QED) is 0.898. The molecule has 2 aromatic rings. The van der Waals surface area contributed by atoms with Gasteiger partial charge >= 0.3 is 0 Å². The van der Waals surface area contributed by atoms with Gasteiger partial charge < -0.3 is 5.32 Å². The number of anilines is 1. The molecule has 3 rings (SSSR count). The average molecular weight is 370 g/mol. The maximum Gasteiger partial charge on any atom is 0.251 e. The summed E-state index contributed by atoms with van der Waals surface area (Å²) < 4.78 is 26.7. The molecule has 6 heteroatoms. The Morgan fingerprint density at radius 3 is 2.42 bits per heavy atom. The Balaban J connectivity index is 1.70. The monoisotopic (exact) mass is 370 g/mol. The van der Waals surface area contributed by atoms with Crippen LogP contribution in [0.15, 0.2) is 65.1 Å². The molecule has 0 atom stereocenters. The Morgan fingerprint density at radius 2 is 1.81 bits per heavy atom. The number of hydrogen-bond acceptors (Lipinski definition) is 3.